The summed E-state index contributed by atoms with van der Waals surface area (Å²) in [6.07, 6.45) is 6.68. The van der Waals surface area contributed by atoms with E-state index in [2.05, 4.69) is 15.9 Å². The van der Waals surface area contributed by atoms with Crippen molar-refractivity contribution in [1.29, 1.82) is 0 Å². The molecule has 0 saturated heterocycles. The molecule has 0 saturated carbocycles. The largest absolute Gasteiger partial charge is 0.274 e. The minimum absolute atomic E-state index is 0.251. The van der Waals surface area contributed by atoms with Gasteiger partial charge in [0.1, 0.15) is 0 Å². The molecule has 0 fully saturated rings. The van der Waals surface area contributed by atoms with E-state index < -0.39 is 19.6 Å². The Bertz CT molecular complexity index is 427. The van der Waals surface area contributed by atoms with Gasteiger partial charge in [0.2, 0.25) is 5.91 Å². The van der Waals surface area contributed by atoms with E-state index in [0.717, 1.165) is 0 Å². The summed E-state index contributed by atoms with van der Waals surface area (Å²) in [6, 6.07) is 0. The van der Waals surface area contributed by atoms with E-state index >= 15 is 0 Å². The molecule has 2 unspecified atom stereocenters. The van der Waals surface area contributed by atoms with Crippen LogP contribution < -0.4 is 4.72 Å². The van der Waals surface area contributed by atoms with Crippen molar-refractivity contribution >= 4 is 31.9 Å². The van der Waals surface area contributed by atoms with E-state index in [1.807, 2.05) is 4.72 Å². The maximum absolute atomic E-state index is 11.9. The standard InChI is InChI=1S/C9H12BrNO3S/c1-7-5-3-4-6-9(7,10)15(13,14)11-8(2)12/h3-7H,1-2H3,(H,11,12). The fourth-order valence-corrected chi connectivity index (χ4v) is 3.21. The number of alkyl halides is 1. The molecule has 0 aromatic heterocycles. The molecule has 84 valence electrons. The van der Waals surface area contributed by atoms with Crippen LogP contribution in [0.25, 0.3) is 0 Å². The average Bonchev–Trinajstić information content (AvgIpc) is 2.07. The Morgan fingerprint density at radius 2 is 2.07 bits per heavy atom. The summed E-state index contributed by atoms with van der Waals surface area (Å²) in [7, 11) is -3.75. The minimum atomic E-state index is -3.75. The molecule has 4 nitrogen and oxygen atoms in total. The van der Waals surface area contributed by atoms with E-state index in [-0.39, 0.29) is 5.92 Å². The second-order valence-electron chi connectivity index (χ2n) is 3.39. The molecule has 1 N–H and O–H groups in total. The van der Waals surface area contributed by atoms with E-state index in [4.69, 9.17) is 0 Å². The zero-order valence-electron chi connectivity index (χ0n) is 8.40. The van der Waals surface area contributed by atoms with Gasteiger partial charge in [0.05, 0.1) is 0 Å². The Balaban J connectivity index is 3.10. The average molecular weight is 294 g/mol. The van der Waals surface area contributed by atoms with Gasteiger partial charge in [0.25, 0.3) is 10.0 Å². The van der Waals surface area contributed by atoms with Crippen LogP contribution in [-0.4, -0.2) is 18.0 Å². The third kappa shape index (κ3) is 2.31. The van der Waals surface area contributed by atoms with Crippen molar-refractivity contribution in [3.8, 4) is 0 Å². The number of halogens is 1. The summed E-state index contributed by atoms with van der Waals surface area (Å²) >= 11 is 3.17. The van der Waals surface area contributed by atoms with Crippen molar-refractivity contribution in [1.82, 2.24) is 4.72 Å². The maximum Gasteiger partial charge on any atom is 0.254 e. The predicted molar refractivity (Wildman–Crippen MR) is 61.8 cm³/mol. The molecule has 1 rings (SSSR count). The van der Waals surface area contributed by atoms with Crippen molar-refractivity contribution in [2.45, 2.75) is 17.5 Å². The molecule has 1 amide bonds. The molecule has 1 aliphatic carbocycles. The van der Waals surface area contributed by atoms with Gasteiger partial charge in [-0.15, -0.1) is 0 Å². The second kappa shape index (κ2) is 4.09. The van der Waals surface area contributed by atoms with Gasteiger partial charge in [-0.3, -0.25) is 9.52 Å². The van der Waals surface area contributed by atoms with Crippen molar-refractivity contribution in [2.75, 3.05) is 0 Å². The molecule has 1 aliphatic rings. The van der Waals surface area contributed by atoms with Crippen LogP contribution in [0.5, 0.6) is 0 Å². The van der Waals surface area contributed by atoms with Gasteiger partial charge in [-0.05, 0) is 0 Å². The lowest BCUT2D eigenvalue weighted by atomic mass is 10.0. The molecule has 15 heavy (non-hydrogen) atoms. The second-order valence-corrected chi connectivity index (χ2v) is 7.12. The number of nitrogens with one attached hydrogen (secondary N) is 1. The topological polar surface area (TPSA) is 63.2 Å². The summed E-state index contributed by atoms with van der Waals surface area (Å²) in [5.74, 6) is -0.844. The minimum Gasteiger partial charge on any atom is -0.274 e. The van der Waals surface area contributed by atoms with Gasteiger partial charge in [-0.25, -0.2) is 8.42 Å². The number of sulfonamides is 1. The van der Waals surface area contributed by atoms with Crippen LogP contribution in [0.1, 0.15) is 13.8 Å². The molecule has 0 aromatic rings. The molecule has 0 spiro atoms. The Hall–Kier alpha value is -0.620. The first-order valence-electron chi connectivity index (χ1n) is 4.37. The first-order valence-corrected chi connectivity index (χ1v) is 6.65. The Kier molecular flexibility index (Phi) is 3.40. The van der Waals surface area contributed by atoms with Crippen molar-refractivity contribution in [3.63, 3.8) is 0 Å². The Labute approximate surface area is 97.6 Å². The van der Waals surface area contributed by atoms with Crippen LogP contribution in [0.2, 0.25) is 0 Å². The highest BCUT2D eigenvalue weighted by molar-refractivity contribution is 9.11. The third-order valence-corrected chi connectivity index (χ3v) is 6.30. The van der Waals surface area contributed by atoms with Crippen LogP contribution >= 0.6 is 15.9 Å². The van der Waals surface area contributed by atoms with Gasteiger partial charge in [-0.2, -0.15) is 0 Å². The summed E-state index contributed by atoms with van der Waals surface area (Å²) in [5, 5.41) is 0. The van der Waals surface area contributed by atoms with Crippen LogP contribution in [0.3, 0.4) is 0 Å². The lowest BCUT2D eigenvalue weighted by Gasteiger charge is -2.29. The van der Waals surface area contributed by atoms with Gasteiger partial charge in [0.15, 0.2) is 3.66 Å². The summed E-state index contributed by atoms with van der Waals surface area (Å²) < 4.78 is 24.4. The van der Waals surface area contributed by atoms with Crippen molar-refractivity contribution in [2.24, 2.45) is 5.92 Å². The highest BCUT2D eigenvalue weighted by Crippen LogP contribution is 2.37. The highest BCUT2D eigenvalue weighted by atomic mass is 79.9. The zero-order chi connectivity index (χ0) is 11.7. The van der Waals surface area contributed by atoms with Crippen molar-refractivity contribution < 1.29 is 13.2 Å². The van der Waals surface area contributed by atoms with Gasteiger partial charge >= 0.3 is 0 Å². The molecular weight excluding hydrogens is 282 g/mol. The fraction of sp³-hybridized carbons (Fsp3) is 0.444. The van der Waals surface area contributed by atoms with E-state index in [9.17, 15) is 13.2 Å². The SMILES string of the molecule is CC(=O)NS(=O)(=O)C1(Br)C=CC=CC1C. The normalized spacial score (nSPS) is 30.2. The highest BCUT2D eigenvalue weighted by Gasteiger charge is 2.44. The van der Waals surface area contributed by atoms with E-state index in [1.165, 1.54) is 13.0 Å². The maximum atomic E-state index is 11.9. The van der Waals surface area contributed by atoms with Gasteiger partial charge < -0.3 is 0 Å². The zero-order valence-corrected chi connectivity index (χ0v) is 10.8. The Morgan fingerprint density at radius 3 is 2.53 bits per heavy atom. The molecule has 0 aliphatic heterocycles. The van der Waals surface area contributed by atoms with Gasteiger partial charge in [-0.1, -0.05) is 47.2 Å². The first-order chi connectivity index (χ1) is 6.79. The molecular formula is C9H12BrNO3S. The molecule has 0 radical (unpaired) electrons. The number of amides is 1. The smallest absolute Gasteiger partial charge is 0.254 e. The molecule has 2 atom stereocenters. The van der Waals surface area contributed by atoms with Crippen LogP contribution in [0.4, 0.5) is 0 Å². The molecule has 0 heterocycles. The Morgan fingerprint density at radius 1 is 1.47 bits per heavy atom. The van der Waals surface area contributed by atoms with E-state index in [1.54, 1.807) is 25.2 Å². The summed E-state index contributed by atoms with van der Waals surface area (Å²) in [4.78, 5) is 10.8. The molecule has 0 bridgehead atoms. The number of hydrogen-bond donors (Lipinski definition) is 1. The molecule has 0 aromatic carbocycles. The van der Waals surface area contributed by atoms with Crippen LogP contribution in [-0.2, 0) is 14.8 Å². The monoisotopic (exact) mass is 293 g/mol. The first kappa shape index (κ1) is 12.4. The molecule has 6 heteroatoms. The third-order valence-electron chi connectivity index (χ3n) is 2.15. The van der Waals surface area contributed by atoms with E-state index in [0.29, 0.717) is 0 Å². The summed E-state index contributed by atoms with van der Waals surface area (Å²) in [6.45, 7) is 2.93. The number of carbonyl (C=O) groups is 1. The quantitative estimate of drug-likeness (QED) is 0.781. The van der Waals surface area contributed by atoms with Crippen molar-refractivity contribution in [3.05, 3.63) is 24.3 Å². The number of carbonyl (C=O) groups excluding carboxylic acids is 1. The number of hydrogen-bond acceptors (Lipinski definition) is 3. The number of allylic oxidation sites excluding steroid dienone is 3. The lowest BCUT2D eigenvalue weighted by Crippen LogP contribution is -2.46. The predicted octanol–water partition coefficient (Wildman–Crippen LogP) is 1.31. The fourth-order valence-electron chi connectivity index (χ4n) is 1.30. The van der Waals surface area contributed by atoms with Crippen LogP contribution in [0.15, 0.2) is 24.3 Å². The number of rotatable bonds is 2. The van der Waals surface area contributed by atoms with Crippen LogP contribution in [0, 0.1) is 5.92 Å². The van der Waals surface area contributed by atoms with Gasteiger partial charge in [0, 0.05) is 12.8 Å². The summed E-state index contributed by atoms with van der Waals surface area (Å²) in [5.41, 5.74) is 0. The lowest BCUT2D eigenvalue weighted by molar-refractivity contribution is -0.117.